The van der Waals surface area contributed by atoms with Crippen LogP contribution in [0.25, 0.3) is 0 Å². The maximum absolute atomic E-state index is 11.8. The first-order chi connectivity index (χ1) is 10.9. The van der Waals surface area contributed by atoms with Gasteiger partial charge < -0.3 is 10.1 Å². The smallest absolute Gasteiger partial charge is 0.264 e. The number of benzene rings is 2. The number of hydrogen-bond acceptors (Lipinski definition) is 3. The standard InChI is InChI=1S/C16H14Cl2N2O2S/c1-10-2-4-14(5-3-10)22-9-15(21)20-16(23)19-13-7-11(17)6-12(18)8-13/h2-8H,9H2,1H3,(H2,19,20,21,23). The number of thiocarbonyl (C=S) groups is 1. The van der Waals surface area contributed by atoms with Gasteiger partial charge in [0.05, 0.1) is 0 Å². The quantitative estimate of drug-likeness (QED) is 0.794. The SMILES string of the molecule is Cc1ccc(OCC(=O)NC(=S)Nc2cc(Cl)cc(Cl)c2)cc1. The van der Waals surface area contributed by atoms with Gasteiger partial charge in [-0.2, -0.15) is 0 Å². The van der Waals surface area contributed by atoms with Crippen LogP contribution in [0.15, 0.2) is 42.5 Å². The highest BCUT2D eigenvalue weighted by Crippen LogP contribution is 2.22. The molecule has 0 saturated carbocycles. The molecule has 0 unspecified atom stereocenters. The van der Waals surface area contributed by atoms with Gasteiger partial charge in [0, 0.05) is 15.7 Å². The van der Waals surface area contributed by atoms with Crippen molar-refractivity contribution in [1.82, 2.24) is 5.32 Å². The zero-order valence-corrected chi connectivity index (χ0v) is 14.6. The fourth-order valence-corrected chi connectivity index (χ4v) is 2.49. The first kappa shape index (κ1) is 17.5. The van der Waals surface area contributed by atoms with E-state index >= 15 is 0 Å². The maximum Gasteiger partial charge on any atom is 0.264 e. The van der Waals surface area contributed by atoms with Crippen molar-refractivity contribution in [2.45, 2.75) is 6.92 Å². The molecular formula is C16H14Cl2N2O2S. The Labute approximate surface area is 149 Å². The topological polar surface area (TPSA) is 50.4 Å². The lowest BCUT2D eigenvalue weighted by Gasteiger charge is -2.11. The highest BCUT2D eigenvalue weighted by Gasteiger charge is 2.07. The lowest BCUT2D eigenvalue weighted by molar-refractivity contribution is -0.121. The third kappa shape index (κ3) is 6.06. The molecule has 1 amide bonds. The van der Waals surface area contributed by atoms with Crippen molar-refractivity contribution < 1.29 is 9.53 Å². The number of ether oxygens (including phenoxy) is 1. The van der Waals surface area contributed by atoms with Crippen LogP contribution in [0.4, 0.5) is 5.69 Å². The summed E-state index contributed by atoms with van der Waals surface area (Å²) in [5.74, 6) is 0.252. The fraction of sp³-hybridized carbons (Fsp3) is 0.125. The van der Waals surface area contributed by atoms with Crippen molar-refractivity contribution in [2.75, 3.05) is 11.9 Å². The van der Waals surface area contributed by atoms with E-state index in [4.69, 9.17) is 40.2 Å². The molecular weight excluding hydrogens is 355 g/mol. The summed E-state index contributed by atoms with van der Waals surface area (Å²) in [6.45, 7) is 1.84. The van der Waals surface area contributed by atoms with Gasteiger partial charge in [-0.05, 0) is 49.5 Å². The third-order valence-corrected chi connectivity index (χ3v) is 3.40. The molecule has 0 aliphatic rings. The van der Waals surface area contributed by atoms with Crippen LogP contribution in [-0.4, -0.2) is 17.6 Å². The number of anilines is 1. The highest BCUT2D eigenvalue weighted by atomic mass is 35.5. The van der Waals surface area contributed by atoms with E-state index in [-0.39, 0.29) is 17.6 Å². The minimum absolute atomic E-state index is 0.138. The molecule has 2 N–H and O–H groups in total. The zero-order chi connectivity index (χ0) is 16.8. The van der Waals surface area contributed by atoms with Gasteiger partial charge in [-0.25, -0.2) is 0 Å². The van der Waals surface area contributed by atoms with Crippen LogP contribution in [0.2, 0.25) is 10.0 Å². The Morgan fingerprint density at radius 2 is 1.74 bits per heavy atom. The Balaban J connectivity index is 1.82. The van der Waals surface area contributed by atoms with E-state index in [9.17, 15) is 4.79 Å². The Morgan fingerprint density at radius 3 is 2.35 bits per heavy atom. The summed E-state index contributed by atoms with van der Waals surface area (Å²) in [6.07, 6.45) is 0. The molecule has 2 aromatic carbocycles. The Hall–Kier alpha value is -1.82. The van der Waals surface area contributed by atoms with Gasteiger partial charge >= 0.3 is 0 Å². The molecule has 2 rings (SSSR count). The highest BCUT2D eigenvalue weighted by molar-refractivity contribution is 7.80. The zero-order valence-electron chi connectivity index (χ0n) is 12.2. The van der Waals surface area contributed by atoms with E-state index < -0.39 is 0 Å². The number of carbonyl (C=O) groups excluding carboxylic acids is 1. The molecule has 7 heteroatoms. The van der Waals surface area contributed by atoms with E-state index in [2.05, 4.69) is 10.6 Å². The number of carbonyl (C=O) groups is 1. The van der Waals surface area contributed by atoms with Crippen LogP contribution in [0, 0.1) is 6.92 Å². The number of amides is 1. The Bertz CT molecular complexity index is 700. The minimum Gasteiger partial charge on any atom is -0.484 e. The average molecular weight is 369 g/mol. The van der Waals surface area contributed by atoms with E-state index in [1.165, 1.54) is 0 Å². The van der Waals surface area contributed by atoms with Crippen LogP contribution in [0.5, 0.6) is 5.75 Å². The largest absolute Gasteiger partial charge is 0.484 e. The molecule has 0 spiro atoms. The number of nitrogens with one attached hydrogen (secondary N) is 2. The van der Waals surface area contributed by atoms with Crippen LogP contribution < -0.4 is 15.4 Å². The second kappa shape index (κ2) is 8.15. The fourth-order valence-electron chi connectivity index (χ4n) is 1.73. The maximum atomic E-state index is 11.8. The second-order valence-corrected chi connectivity index (χ2v) is 6.04. The lowest BCUT2D eigenvalue weighted by atomic mass is 10.2. The summed E-state index contributed by atoms with van der Waals surface area (Å²) in [5, 5.41) is 6.43. The van der Waals surface area contributed by atoms with Crippen LogP contribution in [0.1, 0.15) is 5.56 Å². The number of halogens is 2. The number of rotatable bonds is 4. The predicted octanol–water partition coefficient (Wildman–Crippen LogP) is 4.19. The van der Waals surface area contributed by atoms with Gasteiger partial charge in [-0.3, -0.25) is 10.1 Å². The molecule has 0 aliphatic carbocycles. The van der Waals surface area contributed by atoms with Crippen LogP contribution >= 0.6 is 35.4 Å². The van der Waals surface area contributed by atoms with E-state index in [1.807, 2.05) is 19.1 Å². The first-order valence-corrected chi connectivity index (χ1v) is 7.85. The minimum atomic E-state index is -0.365. The van der Waals surface area contributed by atoms with Gasteiger partial charge in [-0.15, -0.1) is 0 Å². The molecule has 23 heavy (non-hydrogen) atoms. The summed E-state index contributed by atoms with van der Waals surface area (Å²) in [7, 11) is 0. The van der Waals surface area contributed by atoms with Gasteiger partial charge in [0.25, 0.3) is 5.91 Å². The molecule has 0 aliphatic heterocycles. The van der Waals surface area contributed by atoms with Crippen molar-refractivity contribution >= 4 is 52.1 Å². The van der Waals surface area contributed by atoms with E-state index in [0.29, 0.717) is 21.5 Å². The number of aryl methyl sites for hydroxylation is 1. The van der Waals surface area contributed by atoms with Gasteiger partial charge in [-0.1, -0.05) is 40.9 Å². The molecule has 4 nitrogen and oxygen atoms in total. The van der Waals surface area contributed by atoms with Gasteiger partial charge in [0.1, 0.15) is 5.75 Å². The summed E-state index contributed by atoms with van der Waals surface area (Å²) in [5.41, 5.74) is 1.71. The average Bonchev–Trinajstić information content (AvgIpc) is 2.45. The monoisotopic (exact) mass is 368 g/mol. The first-order valence-electron chi connectivity index (χ1n) is 6.69. The van der Waals surface area contributed by atoms with Crippen molar-refractivity contribution in [3.05, 3.63) is 58.1 Å². The molecule has 0 heterocycles. The molecule has 0 bridgehead atoms. The van der Waals surface area contributed by atoms with Crippen molar-refractivity contribution in [2.24, 2.45) is 0 Å². The van der Waals surface area contributed by atoms with Crippen molar-refractivity contribution in [3.8, 4) is 5.75 Å². The van der Waals surface area contributed by atoms with Crippen molar-refractivity contribution in [1.29, 1.82) is 0 Å². The Kier molecular flexibility index (Phi) is 6.21. The molecule has 2 aromatic rings. The lowest BCUT2D eigenvalue weighted by Crippen LogP contribution is -2.37. The third-order valence-electron chi connectivity index (χ3n) is 2.76. The summed E-state index contributed by atoms with van der Waals surface area (Å²) in [4.78, 5) is 11.8. The molecule has 0 radical (unpaired) electrons. The van der Waals surface area contributed by atoms with Crippen LogP contribution in [-0.2, 0) is 4.79 Å². The molecule has 0 atom stereocenters. The molecule has 0 fully saturated rings. The Morgan fingerprint density at radius 1 is 1.13 bits per heavy atom. The second-order valence-electron chi connectivity index (χ2n) is 4.76. The van der Waals surface area contributed by atoms with Crippen molar-refractivity contribution in [3.63, 3.8) is 0 Å². The molecule has 0 saturated heterocycles. The molecule has 0 aromatic heterocycles. The number of hydrogen-bond donors (Lipinski definition) is 2. The normalized spacial score (nSPS) is 10.0. The van der Waals surface area contributed by atoms with Gasteiger partial charge in [0.2, 0.25) is 0 Å². The predicted molar refractivity (Wildman–Crippen MR) is 97.5 cm³/mol. The summed E-state index contributed by atoms with van der Waals surface area (Å²) < 4.78 is 5.37. The van der Waals surface area contributed by atoms with E-state index in [1.54, 1.807) is 30.3 Å². The van der Waals surface area contributed by atoms with E-state index in [0.717, 1.165) is 5.56 Å². The van der Waals surface area contributed by atoms with Crippen LogP contribution in [0.3, 0.4) is 0 Å². The molecule has 120 valence electrons. The summed E-state index contributed by atoms with van der Waals surface area (Å²) >= 11 is 16.8. The van der Waals surface area contributed by atoms with Gasteiger partial charge in [0.15, 0.2) is 11.7 Å². The summed E-state index contributed by atoms with van der Waals surface area (Å²) in [6, 6.07) is 12.3.